The Hall–Kier alpha value is -4.30. The van der Waals surface area contributed by atoms with Crippen molar-refractivity contribution in [2.75, 3.05) is 12.4 Å². The maximum Gasteiger partial charge on any atom is 0.255 e. The van der Waals surface area contributed by atoms with E-state index in [1.54, 1.807) is 7.11 Å². The first kappa shape index (κ1) is 28.2. The predicted molar refractivity (Wildman–Crippen MR) is 165 cm³/mol. The van der Waals surface area contributed by atoms with Gasteiger partial charge >= 0.3 is 0 Å². The molecule has 0 bridgehead atoms. The first-order valence-electron chi connectivity index (χ1n) is 13.6. The van der Waals surface area contributed by atoms with Gasteiger partial charge in [0.2, 0.25) is 5.91 Å². The summed E-state index contributed by atoms with van der Waals surface area (Å²) in [5.41, 5.74) is 5.87. The summed E-state index contributed by atoms with van der Waals surface area (Å²) in [5.74, 6) is 0.765. The number of aliphatic imine (C=N–C) groups is 1. The molecule has 0 saturated carbocycles. The Morgan fingerprint density at radius 3 is 2.37 bits per heavy atom. The van der Waals surface area contributed by atoms with E-state index in [4.69, 9.17) is 9.73 Å². The third-order valence-corrected chi connectivity index (χ3v) is 8.07. The number of benzene rings is 3. The number of amides is 2. The molecule has 0 saturated heterocycles. The fourth-order valence-electron chi connectivity index (χ4n) is 4.93. The van der Waals surface area contributed by atoms with Crippen molar-refractivity contribution >= 4 is 34.4 Å². The van der Waals surface area contributed by atoms with E-state index >= 15 is 0 Å². The molecule has 0 spiro atoms. The van der Waals surface area contributed by atoms with E-state index in [0.717, 1.165) is 22.0 Å². The van der Waals surface area contributed by atoms with Crippen molar-refractivity contribution in [2.45, 2.75) is 45.7 Å². The summed E-state index contributed by atoms with van der Waals surface area (Å²) in [4.78, 5) is 33.8. The SMILES string of the molecule is COc1ccc(NC(=O)C2=C(C)N=C3SC=C(CC(=O)NCc4ccccc4)N3[C@H]2c2ccc(C(C)C)cc2)cc1. The summed E-state index contributed by atoms with van der Waals surface area (Å²) < 4.78 is 5.25. The highest BCUT2D eigenvalue weighted by Crippen LogP contribution is 2.45. The van der Waals surface area contributed by atoms with Crippen LogP contribution in [-0.2, 0) is 16.1 Å². The molecule has 3 aromatic rings. The molecule has 0 fully saturated rings. The minimum absolute atomic E-state index is 0.0913. The van der Waals surface area contributed by atoms with E-state index in [1.165, 1.54) is 17.3 Å². The molecule has 0 aliphatic carbocycles. The lowest BCUT2D eigenvalue weighted by molar-refractivity contribution is -0.120. The maximum absolute atomic E-state index is 13.9. The highest BCUT2D eigenvalue weighted by molar-refractivity contribution is 8.16. The molecule has 1 atom stereocenters. The number of fused-ring (bicyclic) bond motifs is 1. The number of nitrogens with zero attached hydrogens (tertiary/aromatic N) is 2. The summed E-state index contributed by atoms with van der Waals surface area (Å²) >= 11 is 1.48. The van der Waals surface area contributed by atoms with Crippen LogP contribution in [0.3, 0.4) is 0 Å². The Balaban J connectivity index is 1.44. The van der Waals surface area contributed by atoms with Gasteiger partial charge in [-0.05, 0) is 59.2 Å². The largest absolute Gasteiger partial charge is 0.497 e. The van der Waals surface area contributed by atoms with E-state index in [1.807, 2.05) is 71.8 Å². The van der Waals surface area contributed by atoms with Crippen LogP contribution in [0.5, 0.6) is 5.75 Å². The van der Waals surface area contributed by atoms with Gasteiger partial charge in [-0.2, -0.15) is 0 Å². The number of thioether (sulfide) groups is 1. The zero-order chi connectivity index (χ0) is 28.9. The van der Waals surface area contributed by atoms with Gasteiger partial charge in [-0.3, -0.25) is 9.59 Å². The number of hydrogen-bond donors (Lipinski definition) is 2. The Morgan fingerprint density at radius 2 is 1.71 bits per heavy atom. The van der Waals surface area contributed by atoms with Crippen LogP contribution in [0.25, 0.3) is 0 Å². The van der Waals surface area contributed by atoms with Gasteiger partial charge in [-0.15, -0.1) is 0 Å². The summed E-state index contributed by atoms with van der Waals surface area (Å²) in [6, 6.07) is 25.0. The molecular formula is C33H34N4O3S. The lowest BCUT2D eigenvalue weighted by Crippen LogP contribution is -2.38. The molecule has 41 heavy (non-hydrogen) atoms. The molecule has 3 aromatic carbocycles. The van der Waals surface area contributed by atoms with Gasteiger partial charge < -0.3 is 20.3 Å². The lowest BCUT2D eigenvalue weighted by atomic mass is 9.91. The normalized spacial score (nSPS) is 16.2. The predicted octanol–water partition coefficient (Wildman–Crippen LogP) is 6.74. The molecule has 8 heteroatoms. The van der Waals surface area contributed by atoms with E-state index in [2.05, 4.69) is 48.7 Å². The number of anilines is 1. The Kier molecular flexibility index (Phi) is 8.59. The van der Waals surface area contributed by atoms with Gasteiger partial charge in [0, 0.05) is 17.9 Å². The first-order valence-corrected chi connectivity index (χ1v) is 14.5. The lowest BCUT2D eigenvalue weighted by Gasteiger charge is -2.36. The number of nitrogens with one attached hydrogen (secondary N) is 2. The monoisotopic (exact) mass is 566 g/mol. The van der Waals surface area contributed by atoms with E-state index in [9.17, 15) is 9.59 Å². The third-order valence-electron chi connectivity index (χ3n) is 7.19. The van der Waals surface area contributed by atoms with Crippen LogP contribution < -0.4 is 15.4 Å². The number of rotatable bonds is 9. The molecule has 5 rings (SSSR count). The highest BCUT2D eigenvalue weighted by atomic mass is 32.2. The van der Waals surface area contributed by atoms with E-state index in [0.29, 0.717) is 35.2 Å². The number of carbonyl (C=O) groups excluding carboxylic acids is 2. The van der Waals surface area contributed by atoms with Crippen LogP contribution in [0, 0.1) is 0 Å². The number of ether oxygens (including phenoxy) is 1. The van der Waals surface area contributed by atoms with Crippen molar-refractivity contribution in [3.05, 3.63) is 118 Å². The van der Waals surface area contributed by atoms with Crippen LogP contribution in [0.2, 0.25) is 0 Å². The quantitative estimate of drug-likeness (QED) is 0.300. The number of carbonyl (C=O) groups is 2. The maximum atomic E-state index is 13.9. The van der Waals surface area contributed by atoms with Crippen molar-refractivity contribution in [1.29, 1.82) is 0 Å². The fourth-order valence-corrected chi connectivity index (χ4v) is 5.90. The number of hydrogen-bond acceptors (Lipinski definition) is 6. The average Bonchev–Trinajstić information content (AvgIpc) is 3.37. The molecule has 0 aromatic heterocycles. The zero-order valence-electron chi connectivity index (χ0n) is 23.7. The molecule has 2 aliphatic rings. The minimum atomic E-state index is -0.440. The molecule has 210 valence electrons. The summed E-state index contributed by atoms with van der Waals surface area (Å²) in [6.45, 7) is 6.64. The number of amidine groups is 1. The van der Waals surface area contributed by atoms with Crippen molar-refractivity contribution < 1.29 is 14.3 Å². The highest BCUT2D eigenvalue weighted by Gasteiger charge is 2.40. The average molecular weight is 567 g/mol. The second kappa shape index (κ2) is 12.5. The Labute approximate surface area is 245 Å². The van der Waals surface area contributed by atoms with Gasteiger partial charge in [0.1, 0.15) is 5.75 Å². The van der Waals surface area contributed by atoms with Crippen molar-refractivity contribution in [2.24, 2.45) is 4.99 Å². The fraction of sp³-hybridized carbons (Fsp3) is 0.242. The van der Waals surface area contributed by atoms with Gasteiger partial charge in [-0.1, -0.05) is 80.2 Å². The molecule has 2 N–H and O–H groups in total. The second-order valence-corrected chi connectivity index (χ2v) is 11.2. The van der Waals surface area contributed by atoms with Crippen LogP contribution in [0.4, 0.5) is 5.69 Å². The van der Waals surface area contributed by atoms with Gasteiger partial charge in [-0.25, -0.2) is 4.99 Å². The van der Waals surface area contributed by atoms with Gasteiger partial charge in [0.25, 0.3) is 5.91 Å². The Morgan fingerprint density at radius 1 is 1.00 bits per heavy atom. The molecule has 2 amide bonds. The van der Waals surface area contributed by atoms with Gasteiger partial charge in [0.05, 0.1) is 30.8 Å². The minimum Gasteiger partial charge on any atom is -0.497 e. The van der Waals surface area contributed by atoms with Crippen LogP contribution in [0.15, 0.2) is 106 Å². The Bertz CT molecular complexity index is 1510. The smallest absolute Gasteiger partial charge is 0.255 e. The standard InChI is InChI=1S/C33H34N4O3S/c1-21(2)24-10-12-25(13-11-24)31-30(32(39)36-26-14-16-28(40-4)17-15-26)22(3)35-33-37(31)27(20-41-33)18-29(38)34-19-23-8-6-5-7-9-23/h5-17,20-21,31H,18-19H2,1-4H3,(H,34,38)(H,36,39)/t31-/m0/s1. The van der Waals surface area contributed by atoms with Crippen molar-refractivity contribution in [3.63, 3.8) is 0 Å². The summed E-state index contributed by atoms with van der Waals surface area (Å²) in [5, 5.41) is 8.79. The van der Waals surface area contributed by atoms with Crippen molar-refractivity contribution in [1.82, 2.24) is 10.2 Å². The van der Waals surface area contributed by atoms with Crippen molar-refractivity contribution in [3.8, 4) is 5.75 Å². The zero-order valence-corrected chi connectivity index (χ0v) is 24.5. The van der Waals surface area contributed by atoms with E-state index < -0.39 is 6.04 Å². The third kappa shape index (κ3) is 6.38. The molecule has 0 unspecified atom stereocenters. The summed E-state index contributed by atoms with van der Waals surface area (Å²) in [6.07, 6.45) is 0.172. The van der Waals surface area contributed by atoms with Crippen LogP contribution >= 0.6 is 11.8 Å². The molecule has 7 nitrogen and oxygen atoms in total. The number of allylic oxidation sites excluding steroid dienone is 1. The molecular weight excluding hydrogens is 532 g/mol. The first-order chi connectivity index (χ1) is 19.8. The molecule has 0 radical (unpaired) electrons. The summed E-state index contributed by atoms with van der Waals surface area (Å²) in [7, 11) is 1.61. The number of methoxy groups -OCH3 is 1. The molecule has 2 aliphatic heterocycles. The van der Waals surface area contributed by atoms with E-state index in [-0.39, 0.29) is 18.2 Å². The van der Waals surface area contributed by atoms with Gasteiger partial charge in [0.15, 0.2) is 5.17 Å². The molecule has 2 heterocycles. The van der Waals surface area contributed by atoms with Crippen LogP contribution in [0.1, 0.15) is 55.8 Å². The second-order valence-electron chi connectivity index (χ2n) is 10.3. The van der Waals surface area contributed by atoms with Crippen LogP contribution in [-0.4, -0.2) is 29.0 Å². The topological polar surface area (TPSA) is 83.0 Å².